The number of nitrogens with zero attached hydrogens (tertiary/aromatic N) is 4. The van der Waals surface area contributed by atoms with E-state index < -0.39 is 0 Å². The largest absolute Gasteiger partial charge is 0.329 e. The van der Waals surface area contributed by atoms with Crippen LogP contribution in [0.1, 0.15) is 17.0 Å². The van der Waals surface area contributed by atoms with Gasteiger partial charge in [-0.3, -0.25) is 9.97 Å². The molecule has 0 radical (unpaired) electrons. The number of nitriles is 1. The molecule has 0 atom stereocenters. The van der Waals surface area contributed by atoms with Gasteiger partial charge in [-0.2, -0.15) is 5.26 Å². The average molecular weight is 281 g/mol. The molecule has 1 aromatic carbocycles. The molecule has 0 unspecified atom stereocenters. The SMILES string of the molecule is Cc1cnc(Cn2c(=S)[nH]c3c(C#N)cccc32)cn1. The van der Waals surface area contributed by atoms with E-state index in [1.165, 1.54) is 0 Å². The van der Waals surface area contributed by atoms with Crippen LogP contribution in [0.25, 0.3) is 11.0 Å². The summed E-state index contributed by atoms with van der Waals surface area (Å²) < 4.78 is 2.50. The monoisotopic (exact) mass is 281 g/mol. The molecule has 0 aliphatic carbocycles. The molecule has 0 saturated heterocycles. The van der Waals surface area contributed by atoms with Crippen LogP contribution in [0.5, 0.6) is 0 Å². The fourth-order valence-corrected chi connectivity index (χ4v) is 2.36. The quantitative estimate of drug-likeness (QED) is 0.733. The lowest BCUT2D eigenvalue weighted by Crippen LogP contribution is -2.02. The van der Waals surface area contributed by atoms with E-state index in [2.05, 4.69) is 21.0 Å². The molecule has 0 aliphatic heterocycles. The topological polar surface area (TPSA) is 70.3 Å². The molecule has 0 spiro atoms. The number of para-hydroxylation sites is 1. The number of H-pyrrole nitrogens is 1. The van der Waals surface area contributed by atoms with E-state index in [1.807, 2.05) is 23.6 Å². The Morgan fingerprint density at radius 2 is 2.20 bits per heavy atom. The Labute approximate surface area is 120 Å². The minimum atomic E-state index is 0.529. The molecule has 0 amide bonds. The second kappa shape index (κ2) is 4.87. The van der Waals surface area contributed by atoms with E-state index in [0.29, 0.717) is 16.9 Å². The van der Waals surface area contributed by atoms with Crippen LogP contribution in [0.3, 0.4) is 0 Å². The maximum absolute atomic E-state index is 9.12. The summed E-state index contributed by atoms with van der Waals surface area (Å²) in [7, 11) is 0. The first-order valence-corrected chi connectivity index (χ1v) is 6.49. The minimum Gasteiger partial charge on any atom is -0.329 e. The number of benzene rings is 1. The van der Waals surface area contributed by atoms with Crippen molar-refractivity contribution in [2.24, 2.45) is 0 Å². The highest BCUT2D eigenvalue weighted by molar-refractivity contribution is 7.71. The van der Waals surface area contributed by atoms with E-state index in [4.69, 9.17) is 17.5 Å². The summed E-state index contributed by atoms with van der Waals surface area (Å²) in [5.41, 5.74) is 3.96. The Kier molecular flexibility index (Phi) is 3.05. The van der Waals surface area contributed by atoms with Crippen LogP contribution in [0.15, 0.2) is 30.6 Å². The maximum atomic E-state index is 9.12. The lowest BCUT2D eigenvalue weighted by molar-refractivity contribution is 0.776. The highest BCUT2D eigenvalue weighted by Gasteiger charge is 2.09. The summed E-state index contributed by atoms with van der Waals surface area (Å²) >= 11 is 5.34. The molecule has 0 aliphatic rings. The molecule has 98 valence electrons. The van der Waals surface area contributed by atoms with Crippen molar-refractivity contribution in [1.29, 1.82) is 5.26 Å². The average Bonchev–Trinajstić information content (AvgIpc) is 2.77. The van der Waals surface area contributed by atoms with Gasteiger partial charge in [-0.25, -0.2) is 0 Å². The van der Waals surface area contributed by atoms with Gasteiger partial charge in [-0.15, -0.1) is 0 Å². The number of fused-ring (bicyclic) bond motifs is 1. The first kappa shape index (κ1) is 12.5. The summed E-state index contributed by atoms with van der Waals surface area (Å²) in [6, 6.07) is 7.71. The number of aromatic amines is 1. The van der Waals surface area contributed by atoms with Gasteiger partial charge in [0.2, 0.25) is 0 Å². The lowest BCUT2D eigenvalue weighted by atomic mass is 10.2. The van der Waals surface area contributed by atoms with E-state index in [0.717, 1.165) is 22.4 Å². The lowest BCUT2D eigenvalue weighted by Gasteiger charge is -2.04. The predicted molar refractivity (Wildman–Crippen MR) is 77.7 cm³/mol. The Morgan fingerprint density at radius 1 is 1.35 bits per heavy atom. The van der Waals surface area contributed by atoms with Crippen LogP contribution in [0, 0.1) is 23.0 Å². The van der Waals surface area contributed by atoms with Crippen molar-refractivity contribution in [3.8, 4) is 6.07 Å². The van der Waals surface area contributed by atoms with E-state index in [9.17, 15) is 0 Å². The van der Waals surface area contributed by atoms with E-state index in [1.54, 1.807) is 18.5 Å². The molecule has 1 N–H and O–H groups in total. The van der Waals surface area contributed by atoms with Gasteiger partial charge in [0.15, 0.2) is 4.77 Å². The van der Waals surface area contributed by atoms with Crippen molar-refractivity contribution >= 4 is 23.3 Å². The molecule has 0 bridgehead atoms. The minimum absolute atomic E-state index is 0.529. The maximum Gasteiger partial charge on any atom is 0.178 e. The van der Waals surface area contributed by atoms with Crippen molar-refractivity contribution in [3.63, 3.8) is 0 Å². The summed E-state index contributed by atoms with van der Waals surface area (Å²) in [5.74, 6) is 0. The summed E-state index contributed by atoms with van der Waals surface area (Å²) in [5, 5.41) is 9.12. The molecule has 3 rings (SSSR count). The zero-order valence-electron chi connectivity index (χ0n) is 10.8. The van der Waals surface area contributed by atoms with E-state index >= 15 is 0 Å². The van der Waals surface area contributed by atoms with Crippen molar-refractivity contribution < 1.29 is 0 Å². The van der Waals surface area contributed by atoms with Crippen molar-refractivity contribution in [1.82, 2.24) is 19.5 Å². The fourth-order valence-electron chi connectivity index (χ4n) is 2.09. The first-order valence-electron chi connectivity index (χ1n) is 6.08. The Hall–Kier alpha value is -2.52. The first-order chi connectivity index (χ1) is 9.69. The number of rotatable bonds is 2. The van der Waals surface area contributed by atoms with Crippen molar-refractivity contribution in [2.75, 3.05) is 0 Å². The molecule has 0 fully saturated rings. The second-order valence-corrected chi connectivity index (χ2v) is 4.86. The molecule has 2 heterocycles. The van der Waals surface area contributed by atoms with Crippen LogP contribution < -0.4 is 0 Å². The van der Waals surface area contributed by atoms with Crippen LogP contribution in [-0.4, -0.2) is 19.5 Å². The molecule has 2 aromatic heterocycles. The van der Waals surface area contributed by atoms with Gasteiger partial charge in [0.25, 0.3) is 0 Å². The fraction of sp³-hybridized carbons (Fsp3) is 0.143. The highest BCUT2D eigenvalue weighted by Crippen LogP contribution is 2.18. The third kappa shape index (κ3) is 2.08. The number of nitrogens with one attached hydrogen (secondary N) is 1. The standard InChI is InChI=1S/C14H11N5S/c1-9-6-17-11(7-16-9)8-19-12-4-2-3-10(5-15)13(12)18-14(19)20/h2-4,6-7H,8H2,1H3,(H,18,20). The zero-order valence-corrected chi connectivity index (χ0v) is 11.6. The second-order valence-electron chi connectivity index (χ2n) is 4.48. The summed E-state index contributed by atoms with van der Waals surface area (Å²) in [6.07, 6.45) is 3.47. The van der Waals surface area contributed by atoms with Gasteiger partial charge in [0.1, 0.15) is 6.07 Å². The predicted octanol–water partition coefficient (Wildman–Crippen LogP) is 2.72. The van der Waals surface area contributed by atoms with E-state index in [-0.39, 0.29) is 0 Å². The van der Waals surface area contributed by atoms with Gasteiger partial charge in [-0.05, 0) is 31.3 Å². The number of hydrogen-bond donors (Lipinski definition) is 1. The van der Waals surface area contributed by atoms with Crippen molar-refractivity contribution in [3.05, 3.63) is 52.3 Å². The summed E-state index contributed by atoms with van der Waals surface area (Å²) in [6.45, 7) is 2.42. The normalized spacial score (nSPS) is 10.6. The van der Waals surface area contributed by atoms with Gasteiger partial charge in [0, 0.05) is 6.20 Å². The molecular weight excluding hydrogens is 270 g/mol. The van der Waals surface area contributed by atoms with Crippen LogP contribution in [0.4, 0.5) is 0 Å². The van der Waals surface area contributed by atoms with Crippen LogP contribution in [0.2, 0.25) is 0 Å². The number of imidazole rings is 1. The van der Waals surface area contributed by atoms with Crippen LogP contribution in [-0.2, 0) is 6.54 Å². The van der Waals surface area contributed by atoms with Gasteiger partial charge in [0.05, 0.1) is 40.7 Å². The molecule has 5 nitrogen and oxygen atoms in total. The Balaban J connectivity index is 2.13. The van der Waals surface area contributed by atoms with Gasteiger partial charge < -0.3 is 9.55 Å². The Bertz CT molecular complexity index is 867. The van der Waals surface area contributed by atoms with Crippen LogP contribution >= 0.6 is 12.2 Å². The Morgan fingerprint density at radius 3 is 2.90 bits per heavy atom. The summed E-state index contributed by atoms with van der Waals surface area (Å²) in [4.78, 5) is 11.7. The van der Waals surface area contributed by atoms with Crippen molar-refractivity contribution in [2.45, 2.75) is 13.5 Å². The smallest absolute Gasteiger partial charge is 0.178 e. The number of aromatic nitrogens is 4. The molecule has 3 aromatic rings. The molecule has 20 heavy (non-hydrogen) atoms. The molecule has 0 saturated carbocycles. The molecular formula is C14H11N5S. The molecule has 6 heteroatoms. The zero-order chi connectivity index (χ0) is 14.1. The highest BCUT2D eigenvalue weighted by atomic mass is 32.1. The van der Waals surface area contributed by atoms with Gasteiger partial charge >= 0.3 is 0 Å². The number of aryl methyl sites for hydroxylation is 1. The third-order valence-electron chi connectivity index (χ3n) is 3.09. The van der Waals surface area contributed by atoms with Gasteiger partial charge in [-0.1, -0.05) is 6.07 Å². The number of hydrogen-bond acceptors (Lipinski definition) is 4. The third-order valence-corrected chi connectivity index (χ3v) is 3.41.